The van der Waals surface area contributed by atoms with Crippen molar-refractivity contribution < 1.29 is 9.21 Å². The van der Waals surface area contributed by atoms with Crippen molar-refractivity contribution in [1.82, 2.24) is 15.5 Å². The van der Waals surface area contributed by atoms with Gasteiger partial charge < -0.3 is 9.73 Å². The molecule has 24 heavy (non-hydrogen) atoms. The van der Waals surface area contributed by atoms with Crippen LogP contribution < -0.4 is 5.32 Å². The second kappa shape index (κ2) is 6.65. The minimum Gasteiger partial charge on any atom is -0.411 e. The van der Waals surface area contributed by atoms with Gasteiger partial charge in [-0.25, -0.2) is 0 Å². The fraction of sp³-hybridized carbons (Fsp3) is 0.278. The quantitative estimate of drug-likeness (QED) is 0.729. The lowest BCUT2D eigenvalue weighted by Gasteiger charge is -2.19. The summed E-state index contributed by atoms with van der Waals surface area (Å²) in [6.45, 7) is 5.83. The van der Waals surface area contributed by atoms with Gasteiger partial charge in [-0.15, -0.1) is 10.2 Å². The summed E-state index contributed by atoms with van der Waals surface area (Å²) in [5.74, 6) is 0.647. The maximum absolute atomic E-state index is 11.8. The molecule has 3 aromatic rings. The van der Waals surface area contributed by atoms with E-state index in [1.54, 1.807) is 0 Å². The van der Waals surface area contributed by atoms with Crippen molar-refractivity contribution in [2.24, 2.45) is 0 Å². The molecule has 1 heterocycles. The largest absolute Gasteiger partial charge is 0.411 e. The molecule has 0 fully saturated rings. The highest BCUT2D eigenvalue weighted by Crippen LogP contribution is 2.26. The second-order valence-electron chi connectivity index (χ2n) is 6.52. The van der Waals surface area contributed by atoms with Crippen LogP contribution >= 0.6 is 11.8 Å². The Balaban J connectivity index is 1.69. The van der Waals surface area contributed by atoms with E-state index in [1.165, 1.54) is 11.8 Å². The van der Waals surface area contributed by atoms with Gasteiger partial charge in [-0.05, 0) is 43.7 Å². The summed E-state index contributed by atoms with van der Waals surface area (Å²) in [4.78, 5) is 11.8. The average Bonchev–Trinajstić information content (AvgIpc) is 3.00. The van der Waals surface area contributed by atoms with E-state index < -0.39 is 0 Å². The Morgan fingerprint density at radius 1 is 1.12 bits per heavy atom. The number of nitrogens with one attached hydrogen (secondary N) is 1. The van der Waals surface area contributed by atoms with E-state index in [2.05, 4.69) is 21.6 Å². The van der Waals surface area contributed by atoms with Crippen LogP contribution in [0.2, 0.25) is 0 Å². The first-order valence-electron chi connectivity index (χ1n) is 7.67. The third-order valence-corrected chi connectivity index (χ3v) is 4.06. The minimum absolute atomic E-state index is 0.0574. The third-order valence-electron chi connectivity index (χ3n) is 3.24. The standard InChI is InChI=1S/C18H19N3O2S/c1-18(2,3)19-15(22)11-24-17-21-20-16(23-17)14-9-8-12-6-4-5-7-13(12)10-14/h4-10H,11H2,1-3H3,(H,19,22). The SMILES string of the molecule is CC(C)(C)NC(=O)CSc1nnc(-c2ccc3ccccc3c2)o1. The zero-order valence-electron chi connectivity index (χ0n) is 13.9. The number of thioether (sulfide) groups is 1. The fourth-order valence-corrected chi connectivity index (χ4v) is 2.85. The van der Waals surface area contributed by atoms with Crippen LogP contribution in [-0.4, -0.2) is 27.4 Å². The molecule has 6 heteroatoms. The zero-order valence-corrected chi connectivity index (χ0v) is 14.7. The van der Waals surface area contributed by atoms with Crippen molar-refractivity contribution in [1.29, 1.82) is 0 Å². The number of amides is 1. The van der Waals surface area contributed by atoms with Crippen molar-refractivity contribution in [2.75, 3.05) is 5.75 Å². The van der Waals surface area contributed by atoms with Crippen LogP contribution in [0, 0.1) is 0 Å². The van der Waals surface area contributed by atoms with Crippen LogP contribution in [0.4, 0.5) is 0 Å². The van der Waals surface area contributed by atoms with E-state index in [0.29, 0.717) is 11.1 Å². The average molecular weight is 341 g/mol. The van der Waals surface area contributed by atoms with Crippen molar-refractivity contribution in [3.8, 4) is 11.5 Å². The Bertz CT molecular complexity index is 868. The fourth-order valence-electron chi connectivity index (χ4n) is 2.29. The maximum Gasteiger partial charge on any atom is 0.277 e. The molecule has 2 aromatic carbocycles. The molecule has 0 saturated carbocycles. The van der Waals surface area contributed by atoms with Gasteiger partial charge in [0.25, 0.3) is 5.22 Å². The van der Waals surface area contributed by atoms with Gasteiger partial charge in [-0.1, -0.05) is 42.1 Å². The number of hydrogen-bond acceptors (Lipinski definition) is 5. The van der Waals surface area contributed by atoms with E-state index in [-0.39, 0.29) is 17.2 Å². The smallest absolute Gasteiger partial charge is 0.277 e. The van der Waals surface area contributed by atoms with Crippen LogP contribution in [-0.2, 0) is 4.79 Å². The predicted octanol–water partition coefficient (Wildman–Crippen LogP) is 3.90. The van der Waals surface area contributed by atoms with Gasteiger partial charge in [0.1, 0.15) is 0 Å². The highest BCUT2D eigenvalue weighted by molar-refractivity contribution is 7.99. The molecule has 0 bridgehead atoms. The number of nitrogens with zero attached hydrogens (tertiary/aromatic N) is 2. The highest BCUT2D eigenvalue weighted by atomic mass is 32.2. The van der Waals surface area contributed by atoms with Gasteiger partial charge in [0, 0.05) is 11.1 Å². The summed E-state index contributed by atoms with van der Waals surface area (Å²) < 4.78 is 5.66. The Morgan fingerprint density at radius 3 is 2.62 bits per heavy atom. The normalized spacial score (nSPS) is 11.6. The maximum atomic E-state index is 11.8. The Labute approximate surface area is 144 Å². The van der Waals surface area contributed by atoms with Crippen LogP contribution in [0.3, 0.4) is 0 Å². The van der Waals surface area contributed by atoms with Crippen LogP contribution in [0.25, 0.3) is 22.2 Å². The van der Waals surface area contributed by atoms with Gasteiger partial charge in [0.15, 0.2) is 0 Å². The number of aromatic nitrogens is 2. The minimum atomic E-state index is -0.247. The number of fused-ring (bicyclic) bond motifs is 1. The van der Waals surface area contributed by atoms with Crippen molar-refractivity contribution in [3.05, 3.63) is 42.5 Å². The summed E-state index contributed by atoms with van der Waals surface area (Å²) in [5, 5.41) is 13.7. The molecule has 1 amide bonds. The lowest BCUT2D eigenvalue weighted by atomic mass is 10.1. The predicted molar refractivity (Wildman–Crippen MR) is 95.9 cm³/mol. The van der Waals surface area contributed by atoms with Crippen molar-refractivity contribution in [3.63, 3.8) is 0 Å². The summed E-state index contributed by atoms with van der Waals surface area (Å²) in [7, 11) is 0. The molecule has 0 aliphatic rings. The Kier molecular flexibility index (Phi) is 4.57. The Morgan fingerprint density at radius 2 is 1.88 bits per heavy atom. The summed E-state index contributed by atoms with van der Waals surface area (Å²) in [6, 6.07) is 14.1. The third kappa shape index (κ3) is 4.14. The van der Waals surface area contributed by atoms with E-state index in [1.807, 2.05) is 57.2 Å². The molecular weight excluding hydrogens is 322 g/mol. The molecule has 5 nitrogen and oxygen atoms in total. The van der Waals surface area contributed by atoms with Crippen LogP contribution in [0.15, 0.2) is 52.1 Å². The van der Waals surface area contributed by atoms with Gasteiger partial charge in [0.05, 0.1) is 5.75 Å². The van der Waals surface area contributed by atoms with Crippen molar-refractivity contribution in [2.45, 2.75) is 31.5 Å². The molecule has 0 unspecified atom stereocenters. The van der Waals surface area contributed by atoms with Gasteiger partial charge in [-0.2, -0.15) is 0 Å². The molecule has 0 aliphatic heterocycles. The molecule has 124 valence electrons. The first kappa shape index (κ1) is 16.5. The number of carbonyl (C=O) groups is 1. The molecule has 0 aliphatic carbocycles. The van der Waals surface area contributed by atoms with E-state index >= 15 is 0 Å². The van der Waals surface area contributed by atoms with Gasteiger partial charge in [-0.3, -0.25) is 4.79 Å². The first-order valence-corrected chi connectivity index (χ1v) is 8.66. The number of carbonyl (C=O) groups excluding carboxylic acids is 1. The first-order chi connectivity index (χ1) is 11.4. The monoisotopic (exact) mass is 341 g/mol. The number of rotatable bonds is 4. The Hall–Kier alpha value is -2.34. The van der Waals surface area contributed by atoms with E-state index in [0.717, 1.165) is 16.3 Å². The van der Waals surface area contributed by atoms with Crippen molar-refractivity contribution >= 4 is 28.4 Å². The molecule has 3 rings (SSSR count). The molecular formula is C18H19N3O2S. The number of benzene rings is 2. The molecule has 1 aromatic heterocycles. The molecule has 0 spiro atoms. The molecule has 0 radical (unpaired) electrons. The lowest BCUT2D eigenvalue weighted by molar-refractivity contribution is -0.119. The van der Waals surface area contributed by atoms with E-state index in [9.17, 15) is 4.79 Å². The molecule has 0 atom stereocenters. The second-order valence-corrected chi connectivity index (χ2v) is 7.45. The van der Waals surface area contributed by atoms with E-state index in [4.69, 9.17) is 4.42 Å². The lowest BCUT2D eigenvalue weighted by Crippen LogP contribution is -2.41. The van der Waals surface area contributed by atoms with Gasteiger partial charge >= 0.3 is 0 Å². The zero-order chi connectivity index (χ0) is 17.2. The topological polar surface area (TPSA) is 68.0 Å². The summed E-state index contributed by atoms with van der Waals surface area (Å²) in [5.41, 5.74) is 0.620. The van der Waals surface area contributed by atoms with Crippen LogP contribution in [0.5, 0.6) is 0 Å². The molecule has 0 saturated heterocycles. The highest BCUT2D eigenvalue weighted by Gasteiger charge is 2.16. The molecule has 1 N–H and O–H groups in total. The van der Waals surface area contributed by atoms with Crippen LogP contribution in [0.1, 0.15) is 20.8 Å². The number of hydrogen-bond donors (Lipinski definition) is 1. The van der Waals surface area contributed by atoms with Gasteiger partial charge in [0.2, 0.25) is 11.8 Å². The summed E-state index contributed by atoms with van der Waals surface area (Å²) >= 11 is 1.24. The summed E-state index contributed by atoms with van der Waals surface area (Å²) in [6.07, 6.45) is 0.